The SMILES string of the molecule is CCC(C)Nc1nc(NC(C)(C)C)cc(-c2ccccc2)n1. The van der Waals surface area contributed by atoms with Gasteiger partial charge in [0.1, 0.15) is 5.82 Å². The standard InChI is InChI=1S/C18H26N4/c1-6-13(2)19-17-20-15(14-10-8-7-9-11-14)12-16(21-17)22-18(3,4)5/h7-13H,6H2,1-5H3,(H2,19,20,21,22). The molecule has 0 bridgehead atoms. The molecule has 4 nitrogen and oxygen atoms in total. The van der Waals surface area contributed by atoms with Gasteiger partial charge in [-0.3, -0.25) is 0 Å². The van der Waals surface area contributed by atoms with Crippen LogP contribution < -0.4 is 10.6 Å². The number of benzene rings is 1. The van der Waals surface area contributed by atoms with Gasteiger partial charge in [-0.25, -0.2) is 4.98 Å². The molecule has 0 amide bonds. The topological polar surface area (TPSA) is 49.8 Å². The third-order valence-corrected chi connectivity index (χ3v) is 3.29. The number of hydrogen-bond donors (Lipinski definition) is 2. The van der Waals surface area contributed by atoms with Gasteiger partial charge in [0.05, 0.1) is 5.69 Å². The van der Waals surface area contributed by atoms with Crippen LogP contribution in [-0.4, -0.2) is 21.5 Å². The van der Waals surface area contributed by atoms with Crippen LogP contribution in [0.4, 0.5) is 11.8 Å². The molecule has 0 spiro atoms. The maximum atomic E-state index is 4.66. The molecule has 2 N–H and O–H groups in total. The maximum absolute atomic E-state index is 4.66. The quantitative estimate of drug-likeness (QED) is 0.849. The van der Waals surface area contributed by atoms with Crippen LogP contribution in [-0.2, 0) is 0 Å². The maximum Gasteiger partial charge on any atom is 0.225 e. The van der Waals surface area contributed by atoms with E-state index < -0.39 is 0 Å². The molecule has 1 aromatic heterocycles. The molecule has 0 fully saturated rings. The number of hydrogen-bond acceptors (Lipinski definition) is 4. The molecule has 0 radical (unpaired) electrons. The van der Waals surface area contributed by atoms with Crippen LogP contribution in [0, 0.1) is 0 Å². The lowest BCUT2D eigenvalue weighted by Gasteiger charge is -2.22. The van der Waals surface area contributed by atoms with E-state index in [2.05, 4.69) is 67.4 Å². The molecule has 2 rings (SSSR count). The van der Waals surface area contributed by atoms with Gasteiger partial charge in [-0.1, -0.05) is 37.3 Å². The summed E-state index contributed by atoms with van der Waals surface area (Å²) in [4.78, 5) is 9.26. The minimum absolute atomic E-state index is 0.0457. The third kappa shape index (κ3) is 4.72. The summed E-state index contributed by atoms with van der Waals surface area (Å²) in [5.41, 5.74) is 1.97. The van der Waals surface area contributed by atoms with Gasteiger partial charge in [-0.05, 0) is 34.1 Å². The van der Waals surface area contributed by atoms with Gasteiger partial charge in [0, 0.05) is 23.2 Å². The zero-order chi connectivity index (χ0) is 16.2. The van der Waals surface area contributed by atoms with Crippen molar-refractivity contribution in [3.8, 4) is 11.3 Å². The molecule has 1 unspecified atom stereocenters. The summed E-state index contributed by atoms with van der Waals surface area (Å²) >= 11 is 0. The van der Waals surface area contributed by atoms with Gasteiger partial charge >= 0.3 is 0 Å². The largest absolute Gasteiger partial charge is 0.365 e. The predicted molar refractivity (Wildman–Crippen MR) is 94.2 cm³/mol. The van der Waals surface area contributed by atoms with E-state index in [1.165, 1.54) is 0 Å². The molecule has 0 saturated carbocycles. The van der Waals surface area contributed by atoms with Crippen molar-refractivity contribution in [3.63, 3.8) is 0 Å². The van der Waals surface area contributed by atoms with E-state index in [1.807, 2.05) is 24.3 Å². The number of anilines is 2. The number of rotatable bonds is 5. The highest BCUT2D eigenvalue weighted by molar-refractivity contribution is 5.64. The first kappa shape index (κ1) is 16.3. The Labute approximate surface area is 133 Å². The molecule has 2 aromatic rings. The average Bonchev–Trinajstić information content (AvgIpc) is 2.46. The van der Waals surface area contributed by atoms with Crippen molar-refractivity contribution in [3.05, 3.63) is 36.4 Å². The van der Waals surface area contributed by atoms with Gasteiger partial charge in [-0.15, -0.1) is 0 Å². The van der Waals surface area contributed by atoms with Crippen molar-refractivity contribution in [2.75, 3.05) is 10.6 Å². The molecule has 4 heteroatoms. The second kappa shape index (κ2) is 6.77. The third-order valence-electron chi connectivity index (χ3n) is 3.29. The van der Waals surface area contributed by atoms with Crippen LogP contribution in [0.25, 0.3) is 11.3 Å². The molecule has 1 heterocycles. The molecule has 1 aromatic carbocycles. The smallest absolute Gasteiger partial charge is 0.225 e. The van der Waals surface area contributed by atoms with Crippen LogP contribution in [0.5, 0.6) is 0 Å². The molecule has 0 aliphatic carbocycles. The lowest BCUT2D eigenvalue weighted by atomic mass is 10.1. The van der Waals surface area contributed by atoms with Gasteiger partial charge < -0.3 is 10.6 Å². The first-order chi connectivity index (χ1) is 10.4. The molecule has 0 aliphatic rings. The predicted octanol–water partition coefficient (Wildman–Crippen LogP) is 4.56. The summed E-state index contributed by atoms with van der Waals surface area (Å²) in [5, 5.41) is 6.80. The van der Waals surface area contributed by atoms with Crippen molar-refractivity contribution >= 4 is 11.8 Å². The number of nitrogens with zero attached hydrogens (tertiary/aromatic N) is 2. The fourth-order valence-corrected chi connectivity index (χ4v) is 2.04. The van der Waals surface area contributed by atoms with Crippen molar-refractivity contribution in [2.45, 2.75) is 52.6 Å². The van der Waals surface area contributed by atoms with Gasteiger partial charge in [0.25, 0.3) is 0 Å². The minimum Gasteiger partial charge on any atom is -0.365 e. The second-order valence-corrected chi connectivity index (χ2v) is 6.66. The van der Waals surface area contributed by atoms with Gasteiger partial charge in [0.2, 0.25) is 5.95 Å². The summed E-state index contributed by atoms with van der Waals surface area (Å²) in [6.07, 6.45) is 1.03. The lowest BCUT2D eigenvalue weighted by molar-refractivity contribution is 0.630. The fourth-order valence-electron chi connectivity index (χ4n) is 2.04. The molecular formula is C18H26N4. The van der Waals surface area contributed by atoms with Crippen LogP contribution in [0.3, 0.4) is 0 Å². The van der Waals surface area contributed by atoms with Crippen LogP contribution >= 0.6 is 0 Å². The zero-order valence-electron chi connectivity index (χ0n) is 14.1. The Morgan fingerprint density at radius 2 is 1.77 bits per heavy atom. The Morgan fingerprint density at radius 1 is 1.09 bits per heavy atom. The summed E-state index contributed by atoms with van der Waals surface area (Å²) in [7, 11) is 0. The van der Waals surface area contributed by atoms with Crippen LogP contribution in [0.1, 0.15) is 41.0 Å². The summed E-state index contributed by atoms with van der Waals surface area (Å²) in [6.45, 7) is 10.7. The van der Waals surface area contributed by atoms with Crippen molar-refractivity contribution in [1.29, 1.82) is 0 Å². The average molecular weight is 298 g/mol. The van der Waals surface area contributed by atoms with E-state index in [4.69, 9.17) is 0 Å². The molecule has 0 saturated heterocycles. The molecule has 118 valence electrons. The van der Waals surface area contributed by atoms with Crippen LogP contribution in [0.2, 0.25) is 0 Å². The zero-order valence-corrected chi connectivity index (χ0v) is 14.1. The summed E-state index contributed by atoms with van der Waals surface area (Å²) in [5.74, 6) is 1.51. The monoisotopic (exact) mass is 298 g/mol. The minimum atomic E-state index is -0.0457. The molecular weight excluding hydrogens is 272 g/mol. The number of aromatic nitrogens is 2. The highest BCUT2D eigenvalue weighted by Gasteiger charge is 2.14. The fraction of sp³-hybridized carbons (Fsp3) is 0.444. The first-order valence-electron chi connectivity index (χ1n) is 7.86. The van der Waals surface area contributed by atoms with Crippen molar-refractivity contribution < 1.29 is 0 Å². The van der Waals surface area contributed by atoms with E-state index in [0.717, 1.165) is 23.5 Å². The van der Waals surface area contributed by atoms with E-state index in [9.17, 15) is 0 Å². The Hall–Kier alpha value is -2.10. The highest BCUT2D eigenvalue weighted by Crippen LogP contribution is 2.23. The van der Waals surface area contributed by atoms with E-state index in [-0.39, 0.29) is 5.54 Å². The second-order valence-electron chi connectivity index (χ2n) is 6.66. The number of nitrogens with one attached hydrogen (secondary N) is 2. The van der Waals surface area contributed by atoms with Crippen molar-refractivity contribution in [1.82, 2.24) is 9.97 Å². The van der Waals surface area contributed by atoms with E-state index in [0.29, 0.717) is 12.0 Å². The van der Waals surface area contributed by atoms with Crippen LogP contribution in [0.15, 0.2) is 36.4 Å². The normalized spacial score (nSPS) is 12.8. The Morgan fingerprint density at radius 3 is 2.36 bits per heavy atom. The first-order valence-corrected chi connectivity index (χ1v) is 7.86. The summed E-state index contributed by atoms with van der Waals surface area (Å²) in [6, 6.07) is 12.5. The summed E-state index contributed by atoms with van der Waals surface area (Å²) < 4.78 is 0. The Balaban J connectivity index is 2.40. The molecule has 22 heavy (non-hydrogen) atoms. The van der Waals surface area contributed by atoms with Gasteiger partial charge in [0.15, 0.2) is 0 Å². The Kier molecular flexibility index (Phi) is 5.01. The van der Waals surface area contributed by atoms with Crippen molar-refractivity contribution in [2.24, 2.45) is 0 Å². The Bertz CT molecular complexity index is 602. The van der Waals surface area contributed by atoms with Gasteiger partial charge in [-0.2, -0.15) is 4.98 Å². The molecule has 1 atom stereocenters. The lowest BCUT2D eigenvalue weighted by Crippen LogP contribution is -2.27. The molecule has 0 aliphatic heterocycles. The van der Waals surface area contributed by atoms with E-state index >= 15 is 0 Å². The highest BCUT2D eigenvalue weighted by atomic mass is 15.2. The van der Waals surface area contributed by atoms with E-state index in [1.54, 1.807) is 0 Å².